The first-order chi connectivity index (χ1) is 9.01. The molecule has 1 N–H and O–H groups in total. The highest BCUT2D eigenvalue weighted by Crippen LogP contribution is 2.25. The molecule has 0 bridgehead atoms. The Morgan fingerprint density at radius 3 is 2.79 bits per heavy atom. The molecule has 1 aromatic rings. The number of hydrogen-bond acceptors (Lipinski definition) is 4. The highest BCUT2D eigenvalue weighted by atomic mass is 16.6. The van der Waals surface area contributed by atoms with Gasteiger partial charge in [-0.15, -0.1) is 0 Å². The molecule has 100 valence electrons. The molecular formula is C13H15N3O3. The number of rotatable bonds is 5. The molecule has 0 spiro atoms. The van der Waals surface area contributed by atoms with E-state index in [9.17, 15) is 14.9 Å². The van der Waals surface area contributed by atoms with Gasteiger partial charge in [0.1, 0.15) is 5.92 Å². The van der Waals surface area contributed by atoms with Gasteiger partial charge in [0.05, 0.1) is 22.2 Å². The number of anilines is 1. The molecule has 1 aromatic carbocycles. The topological polar surface area (TPSA) is 96.0 Å². The smallest absolute Gasteiger partial charge is 0.274 e. The summed E-state index contributed by atoms with van der Waals surface area (Å²) < 4.78 is 0. The van der Waals surface area contributed by atoms with E-state index in [1.54, 1.807) is 13.0 Å². The normalized spacial score (nSPS) is 11.4. The van der Waals surface area contributed by atoms with Crippen LogP contribution in [0.15, 0.2) is 18.2 Å². The second-order valence-corrected chi connectivity index (χ2v) is 4.17. The third-order valence-electron chi connectivity index (χ3n) is 2.81. The van der Waals surface area contributed by atoms with E-state index in [4.69, 9.17) is 5.26 Å². The van der Waals surface area contributed by atoms with E-state index in [0.717, 1.165) is 6.42 Å². The summed E-state index contributed by atoms with van der Waals surface area (Å²) in [5, 5.41) is 22.3. The molecule has 6 heteroatoms. The van der Waals surface area contributed by atoms with Crippen LogP contribution < -0.4 is 5.32 Å². The van der Waals surface area contributed by atoms with Crippen molar-refractivity contribution in [1.29, 1.82) is 5.26 Å². The number of nitro benzene ring substituents is 1. The predicted octanol–water partition coefficient (Wildman–Crippen LogP) is 2.78. The Bertz CT molecular complexity index is 534. The summed E-state index contributed by atoms with van der Waals surface area (Å²) >= 11 is 0. The molecule has 0 saturated carbocycles. The monoisotopic (exact) mass is 261 g/mol. The first-order valence-electron chi connectivity index (χ1n) is 5.95. The SMILES string of the molecule is CCCC(C#N)C(=O)Nc1cccc([N+](=O)[O-])c1C. The minimum absolute atomic E-state index is 0.0539. The second kappa shape index (κ2) is 6.50. The summed E-state index contributed by atoms with van der Waals surface area (Å²) in [5.74, 6) is -1.16. The fourth-order valence-corrected chi connectivity index (χ4v) is 1.72. The number of nitrogens with one attached hydrogen (secondary N) is 1. The number of amides is 1. The van der Waals surface area contributed by atoms with Gasteiger partial charge in [0, 0.05) is 6.07 Å². The van der Waals surface area contributed by atoms with Crippen molar-refractivity contribution in [2.75, 3.05) is 5.32 Å². The van der Waals surface area contributed by atoms with Crippen molar-refractivity contribution in [3.63, 3.8) is 0 Å². The Kier molecular flexibility index (Phi) is 5.01. The lowest BCUT2D eigenvalue weighted by Gasteiger charge is -2.11. The van der Waals surface area contributed by atoms with Gasteiger partial charge in [0.15, 0.2) is 0 Å². The standard InChI is InChI=1S/C13H15N3O3/c1-3-5-10(8-14)13(17)15-11-6-4-7-12(9(11)2)16(18)19/h4,6-7,10H,3,5H2,1-2H3,(H,15,17). The molecule has 6 nitrogen and oxygen atoms in total. The molecule has 1 rings (SSSR count). The van der Waals surface area contributed by atoms with Crippen molar-refractivity contribution < 1.29 is 9.72 Å². The van der Waals surface area contributed by atoms with E-state index in [0.29, 0.717) is 17.7 Å². The van der Waals surface area contributed by atoms with Crippen LogP contribution in [0.4, 0.5) is 11.4 Å². The van der Waals surface area contributed by atoms with Crippen molar-refractivity contribution in [2.45, 2.75) is 26.7 Å². The highest BCUT2D eigenvalue weighted by molar-refractivity contribution is 5.95. The van der Waals surface area contributed by atoms with Crippen molar-refractivity contribution in [3.05, 3.63) is 33.9 Å². The van der Waals surface area contributed by atoms with Crippen LogP contribution in [0.2, 0.25) is 0 Å². The van der Waals surface area contributed by atoms with Crippen molar-refractivity contribution in [3.8, 4) is 6.07 Å². The Balaban J connectivity index is 2.95. The number of benzene rings is 1. The fourth-order valence-electron chi connectivity index (χ4n) is 1.72. The van der Waals surface area contributed by atoms with Gasteiger partial charge in [-0.05, 0) is 19.4 Å². The maximum atomic E-state index is 11.9. The maximum Gasteiger partial charge on any atom is 0.274 e. The summed E-state index contributed by atoms with van der Waals surface area (Å²) in [6.07, 6.45) is 1.19. The Morgan fingerprint density at radius 1 is 1.58 bits per heavy atom. The number of nitriles is 1. The predicted molar refractivity (Wildman–Crippen MR) is 70.5 cm³/mol. The number of hydrogen-bond donors (Lipinski definition) is 1. The average Bonchev–Trinajstić information content (AvgIpc) is 2.37. The van der Waals surface area contributed by atoms with Gasteiger partial charge in [0.25, 0.3) is 5.69 Å². The van der Waals surface area contributed by atoms with Gasteiger partial charge in [-0.3, -0.25) is 14.9 Å². The largest absolute Gasteiger partial charge is 0.324 e. The third kappa shape index (κ3) is 3.52. The number of carbonyl (C=O) groups excluding carboxylic acids is 1. The van der Waals surface area contributed by atoms with Gasteiger partial charge in [-0.2, -0.15) is 5.26 Å². The molecule has 0 heterocycles. The molecule has 0 aliphatic rings. The molecule has 0 saturated heterocycles. The van der Waals surface area contributed by atoms with E-state index < -0.39 is 16.7 Å². The van der Waals surface area contributed by atoms with Crippen LogP contribution in [0.3, 0.4) is 0 Å². The zero-order valence-corrected chi connectivity index (χ0v) is 10.8. The Hall–Kier alpha value is -2.42. The van der Waals surface area contributed by atoms with Crippen LogP contribution >= 0.6 is 0 Å². The summed E-state index contributed by atoms with van der Waals surface area (Å²) in [6.45, 7) is 3.45. The molecule has 1 atom stereocenters. The van der Waals surface area contributed by atoms with E-state index in [-0.39, 0.29) is 5.69 Å². The van der Waals surface area contributed by atoms with Gasteiger partial charge in [0.2, 0.25) is 5.91 Å². The van der Waals surface area contributed by atoms with Crippen LogP contribution in [-0.2, 0) is 4.79 Å². The van der Waals surface area contributed by atoms with Crippen LogP contribution in [0, 0.1) is 34.3 Å². The molecule has 0 aromatic heterocycles. The fraction of sp³-hybridized carbons (Fsp3) is 0.385. The molecule has 0 fully saturated rings. The second-order valence-electron chi connectivity index (χ2n) is 4.17. The van der Waals surface area contributed by atoms with Crippen LogP contribution in [-0.4, -0.2) is 10.8 Å². The summed E-state index contributed by atoms with van der Waals surface area (Å²) in [4.78, 5) is 22.2. The zero-order valence-electron chi connectivity index (χ0n) is 10.8. The Morgan fingerprint density at radius 2 is 2.26 bits per heavy atom. The number of nitrogens with zero attached hydrogens (tertiary/aromatic N) is 2. The molecular weight excluding hydrogens is 246 g/mol. The van der Waals surface area contributed by atoms with Crippen LogP contribution in [0.5, 0.6) is 0 Å². The molecule has 1 unspecified atom stereocenters. The van der Waals surface area contributed by atoms with Gasteiger partial charge in [-0.1, -0.05) is 19.4 Å². The van der Waals surface area contributed by atoms with Crippen molar-refractivity contribution in [1.82, 2.24) is 0 Å². The first kappa shape index (κ1) is 14.6. The Labute approximate surface area is 111 Å². The van der Waals surface area contributed by atoms with Crippen molar-refractivity contribution in [2.24, 2.45) is 5.92 Å². The first-order valence-corrected chi connectivity index (χ1v) is 5.95. The van der Waals surface area contributed by atoms with Gasteiger partial charge < -0.3 is 5.32 Å². The minimum atomic E-state index is -0.733. The third-order valence-corrected chi connectivity index (χ3v) is 2.81. The summed E-state index contributed by atoms with van der Waals surface area (Å²) in [5.41, 5.74) is 0.700. The van der Waals surface area contributed by atoms with Crippen LogP contribution in [0.25, 0.3) is 0 Å². The van der Waals surface area contributed by atoms with E-state index in [2.05, 4.69) is 5.32 Å². The summed E-state index contributed by atoms with van der Waals surface area (Å²) in [7, 11) is 0. The maximum absolute atomic E-state index is 11.9. The summed E-state index contributed by atoms with van der Waals surface area (Å²) in [6, 6.07) is 6.39. The van der Waals surface area contributed by atoms with E-state index >= 15 is 0 Å². The lowest BCUT2D eigenvalue weighted by Crippen LogP contribution is -2.22. The molecule has 0 radical (unpaired) electrons. The quantitative estimate of drug-likeness (QED) is 0.651. The van der Waals surface area contributed by atoms with Crippen molar-refractivity contribution >= 4 is 17.3 Å². The lowest BCUT2D eigenvalue weighted by atomic mass is 10.0. The van der Waals surface area contributed by atoms with E-state index in [1.165, 1.54) is 12.1 Å². The minimum Gasteiger partial charge on any atom is -0.324 e. The number of carbonyl (C=O) groups is 1. The van der Waals surface area contributed by atoms with Crippen LogP contribution in [0.1, 0.15) is 25.3 Å². The van der Waals surface area contributed by atoms with Gasteiger partial charge in [-0.25, -0.2) is 0 Å². The highest BCUT2D eigenvalue weighted by Gasteiger charge is 2.19. The molecule has 1 amide bonds. The molecule has 0 aliphatic carbocycles. The molecule has 19 heavy (non-hydrogen) atoms. The zero-order chi connectivity index (χ0) is 14.4. The number of nitro groups is 1. The average molecular weight is 261 g/mol. The lowest BCUT2D eigenvalue weighted by molar-refractivity contribution is -0.385. The van der Waals surface area contributed by atoms with E-state index in [1.807, 2.05) is 13.0 Å². The van der Waals surface area contributed by atoms with Gasteiger partial charge >= 0.3 is 0 Å². The molecule has 0 aliphatic heterocycles.